The van der Waals surface area contributed by atoms with E-state index in [9.17, 15) is 18.0 Å². The Morgan fingerprint density at radius 3 is 2.38 bits per heavy atom. The molecule has 0 radical (unpaired) electrons. The Bertz CT molecular complexity index is 925. The van der Waals surface area contributed by atoms with Gasteiger partial charge in [-0.3, -0.25) is 9.36 Å². The van der Waals surface area contributed by atoms with E-state index in [1.807, 2.05) is 0 Å². The van der Waals surface area contributed by atoms with E-state index in [1.54, 1.807) is 18.5 Å². The predicted octanol–water partition coefficient (Wildman–Crippen LogP) is 3.14. The molecule has 9 heteroatoms. The Hall–Kier alpha value is -3.36. The molecule has 0 bridgehead atoms. The second-order valence-corrected chi connectivity index (χ2v) is 5.27. The van der Waals surface area contributed by atoms with Gasteiger partial charge in [-0.25, -0.2) is 9.97 Å². The fourth-order valence-corrected chi connectivity index (χ4v) is 2.24. The highest BCUT2D eigenvalue weighted by atomic mass is 19.4. The van der Waals surface area contributed by atoms with E-state index < -0.39 is 6.36 Å². The largest absolute Gasteiger partial charge is 0.573 e. The van der Waals surface area contributed by atoms with Crippen molar-refractivity contribution in [1.82, 2.24) is 14.5 Å². The van der Waals surface area contributed by atoms with E-state index in [0.29, 0.717) is 17.9 Å². The summed E-state index contributed by atoms with van der Waals surface area (Å²) < 4.78 is 41.7. The van der Waals surface area contributed by atoms with Crippen molar-refractivity contribution in [3.05, 3.63) is 77.2 Å². The third kappa shape index (κ3) is 4.59. The van der Waals surface area contributed by atoms with Crippen molar-refractivity contribution < 1.29 is 17.9 Å². The van der Waals surface area contributed by atoms with Crippen molar-refractivity contribution in [1.29, 1.82) is 0 Å². The summed E-state index contributed by atoms with van der Waals surface area (Å²) in [4.78, 5) is 20.1. The van der Waals surface area contributed by atoms with Gasteiger partial charge >= 0.3 is 6.36 Å². The number of aromatic nitrogens is 3. The van der Waals surface area contributed by atoms with E-state index in [1.165, 1.54) is 35.3 Å². The first-order chi connectivity index (χ1) is 12.4. The Labute approximate surface area is 145 Å². The minimum absolute atomic E-state index is 0.330. The van der Waals surface area contributed by atoms with Crippen LogP contribution in [0.25, 0.3) is 5.69 Å². The highest BCUT2D eigenvalue weighted by molar-refractivity contribution is 5.45. The van der Waals surface area contributed by atoms with Crippen LogP contribution in [0, 0.1) is 0 Å². The van der Waals surface area contributed by atoms with Crippen LogP contribution in [0.15, 0.2) is 66.1 Å². The Morgan fingerprint density at radius 1 is 1.08 bits per heavy atom. The maximum Gasteiger partial charge on any atom is 0.573 e. The number of hydrogen-bond donors (Lipinski definition) is 1. The molecule has 0 spiro atoms. The van der Waals surface area contributed by atoms with Crippen molar-refractivity contribution in [2.24, 2.45) is 0 Å². The fourth-order valence-electron chi connectivity index (χ4n) is 2.24. The summed E-state index contributed by atoms with van der Waals surface area (Å²) in [6.45, 7) is 0.452. The van der Waals surface area contributed by atoms with Gasteiger partial charge in [-0.2, -0.15) is 0 Å². The van der Waals surface area contributed by atoms with Crippen LogP contribution in [0.1, 0.15) is 5.56 Å². The number of rotatable bonds is 5. The Balaban J connectivity index is 1.72. The highest BCUT2D eigenvalue weighted by Crippen LogP contribution is 2.23. The monoisotopic (exact) mass is 362 g/mol. The van der Waals surface area contributed by atoms with Crippen LogP contribution >= 0.6 is 0 Å². The van der Waals surface area contributed by atoms with Gasteiger partial charge in [0.25, 0.3) is 5.56 Å². The molecule has 1 aromatic carbocycles. The molecule has 0 saturated heterocycles. The van der Waals surface area contributed by atoms with Gasteiger partial charge in [0.1, 0.15) is 12.1 Å². The third-order valence-electron chi connectivity index (χ3n) is 3.38. The maximum atomic E-state index is 12.3. The quantitative estimate of drug-likeness (QED) is 0.755. The summed E-state index contributed by atoms with van der Waals surface area (Å²) in [5.41, 5.74) is 1.56. The number of hydrogen-bond acceptors (Lipinski definition) is 5. The highest BCUT2D eigenvalue weighted by Gasteiger charge is 2.30. The van der Waals surface area contributed by atoms with Gasteiger partial charge in [0.2, 0.25) is 0 Å². The molecule has 6 nitrogen and oxygen atoms in total. The lowest BCUT2D eigenvalue weighted by Crippen LogP contribution is -2.18. The summed E-state index contributed by atoms with van der Waals surface area (Å²) in [5.74, 6) is -0.349. The standard InChI is InChI=1S/C17H13F3N4O2/c18-17(19,20)26-15-3-1-14(2-4-15)24-6-5-13(7-16(24)25)23-10-12-8-21-11-22-9-12/h1-9,11,23H,10H2. The van der Waals surface area contributed by atoms with Crippen LogP contribution in [0.5, 0.6) is 5.75 Å². The van der Waals surface area contributed by atoms with Crippen molar-refractivity contribution in [2.45, 2.75) is 12.9 Å². The number of halogens is 3. The summed E-state index contributed by atoms with van der Waals surface area (Å²) >= 11 is 0. The first-order valence-electron chi connectivity index (χ1n) is 7.47. The van der Waals surface area contributed by atoms with E-state index in [2.05, 4.69) is 20.0 Å². The zero-order valence-corrected chi connectivity index (χ0v) is 13.3. The smallest absolute Gasteiger partial charge is 0.406 e. The summed E-state index contributed by atoms with van der Waals surface area (Å²) in [6, 6.07) is 8.12. The maximum absolute atomic E-state index is 12.3. The molecule has 2 aromatic heterocycles. The first kappa shape index (κ1) is 17.5. The second-order valence-electron chi connectivity index (χ2n) is 5.27. The number of alkyl halides is 3. The lowest BCUT2D eigenvalue weighted by atomic mass is 10.2. The number of ether oxygens (including phenoxy) is 1. The topological polar surface area (TPSA) is 69.0 Å². The molecule has 3 rings (SSSR count). The second kappa shape index (κ2) is 7.26. The lowest BCUT2D eigenvalue weighted by molar-refractivity contribution is -0.274. The fraction of sp³-hybridized carbons (Fsp3) is 0.118. The number of benzene rings is 1. The van der Waals surface area contributed by atoms with Crippen molar-refractivity contribution in [3.63, 3.8) is 0 Å². The number of pyridine rings is 1. The molecule has 0 unspecified atom stereocenters. The lowest BCUT2D eigenvalue weighted by Gasteiger charge is -2.11. The van der Waals surface area contributed by atoms with Crippen LogP contribution in [0.2, 0.25) is 0 Å². The molecule has 134 valence electrons. The molecule has 2 heterocycles. The van der Waals surface area contributed by atoms with Gasteiger partial charge in [0, 0.05) is 48.1 Å². The van der Waals surface area contributed by atoms with Crippen molar-refractivity contribution >= 4 is 5.69 Å². The van der Waals surface area contributed by atoms with Gasteiger partial charge in [-0.1, -0.05) is 0 Å². The summed E-state index contributed by atoms with van der Waals surface area (Å²) in [5, 5.41) is 3.08. The van der Waals surface area contributed by atoms with E-state index in [4.69, 9.17) is 0 Å². The van der Waals surface area contributed by atoms with E-state index in [0.717, 1.165) is 17.7 Å². The predicted molar refractivity (Wildman–Crippen MR) is 88.1 cm³/mol. The molecule has 1 N–H and O–H groups in total. The molecule has 0 aliphatic rings. The van der Waals surface area contributed by atoms with Crippen LogP contribution in [-0.4, -0.2) is 20.9 Å². The molecule has 0 aliphatic heterocycles. The third-order valence-corrected chi connectivity index (χ3v) is 3.38. The van der Waals surface area contributed by atoms with Gasteiger partial charge in [0.15, 0.2) is 0 Å². The van der Waals surface area contributed by atoms with Crippen molar-refractivity contribution in [2.75, 3.05) is 5.32 Å². The molecule has 0 amide bonds. The Morgan fingerprint density at radius 2 is 1.77 bits per heavy atom. The molecule has 0 atom stereocenters. The average Bonchev–Trinajstić information content (AvgIpc) is 2.61. The normalized spacial score (nSPS) is 11.2. The van der Waals surface area contributed by atoms with E-state index in [-0.39, 0.29) is 11.3 Å². The van der Waals surface area contributed by atoms with E-state index >= 15 is 0 Å². The SMILES string of the molecule is O=c1cc(NCc2cncnc2)ccn1-c1ccc(OC(F)(F)F)cc1. The first-order valence-corrected chi connectivity index (χ1v) is 7.47. The van der Waals surface area contributed by atoms with Crippen LogP contribution in [-0.2, 0) is 6.54 Å². The average molecular weight is 362 g/mol. The molecule has 0 saturated carbocycles. The zero-order chi connectivity index (χ0) is 18.6. The van der Waals surface area contributed by atoms with Gasteiger partial charge in [0.05, 0.1) is 0 Å². The molecule has 26 heavy (non-hydrogen) atoms. The molecule has 0 fully saturated rings. The van der Waals surface area contributed by atoms with Gasteiger partial charge in [-0.05, 0) is 30.3 Å². The molecular weight excluding hydrogens is 349 g/mol. The van der Waals surface area contributed by atoms with Gasteiger partial charge < -0.3 is 10.1 Å². The molecule has 0 aliphatic carbocycles. The number of nitrogens with zero attached hydrogens (tertiary/aromatic N) is 3. The van der Waals surface area contributed by atoms with Crippen LogP contribution < -0.4 is 15.6 Å². The molecule has 3 aromatic rings. The Kier molecular flexibility index (Phi) is 4.87. The minimum Gasteiger partial charge on any atom is -0.406 e. The minimum atomic E-state index is -4.75. The van der Waals surface area contributed by atoms with Crippen LogP contribution in [0.4, 0.5) is 18.9 Å². The summed E-state index contributed by atoms with van der Waals surface area (Å²) in [6.07, 6.45) is 1.52. The zero-order valence-electron chi connectivity index (χ0n) is 13.3. The van der Waals surface area contributed by atoms with Crippen LogP contribution in [0.3, 0.4) is 0 Å². The van der Waals surface area contributed by atoms with Gasteiger partial charge in [-0.15, -0.1) is 13.2 Å². The number of anilines is 1. The summed E-state index contributed by atoms with van der Waals surface area (Å²) in [7, 11) is 0. The number of nitrogens with one attached hydrogen (secondary N) is 1. The molecular formula is C17H13F3N4O2. The van der Waals surface area contributed by atoms with Crippen molar-refractivity contribution in [3.8, 4) is 11.4 Å².